The van der Waals surface area contributed by atoms with Gasteiger partial charge in [0.25, 0.3) is 0 Å². The lowest BCUT2D eigenvalue weighted by Crippen LogP contribution is -2.53. The van der Waals surface area contributed by atoms with Gasteiger partial charge in [0, 0.05) is 11.6 Å². The zero-order valence-electron chi connectivity index (χ0n) is 21.2. The van der Waals surface area contributed by atoms with Gasteiger partial charge in [0.2, 0.25) is 11.8 Å². The van der Waals surface area contributed by atoms with Crippen LogP contribution in [0.1, 0.15) is 36.8 Å². The van der Waals surface area contributed by atoms with Crippen LogP contribution in [0.2, 0.25) is 5.02 Å². The maximum atomic E-state index is 12.8. The van der Waals surface area contributed by atoms with Crippen LogP contribution in [0.4, 0.5) is 13.2 Å². The van der Waals surface area contributed by atoms with Crippen LogP contribution in [-0.2, 0) is 20.9 Å². The number of rotatable bonds is 7. The number of benzene rings is 2. The zero-order valence-corrected chi connectivity index (χ0v) is 22.0. The van der Waals surface area contributed by atoms with Crippen LogP contribution in [-0.4, -0.2) is 67.9 Å². The molecule has 15 heteroatoms. The SMILES string of the molecule is C[C@H](NC(=O)[C@H]1C[C@@H](c2ccccc2)CCN1)C(=O)NCc1cc(Cl)ccc1-n1cnnn1.O=C(O)C(F)(F)F. The number of nitrogens with zero attached hydrogens (tertiary/aromatic N) is 4. The van der Waals surface area contributed by atoms with Gasteiger partial charge in [0.15, 0.2) is 0 Å². The lowest BCUT2D eigenvalue weighted by molar-refractivity contribution is -0.192. The van der Waals surface area contributed by atoms with Gasteiger partial charge in [-0.25, -0.2) is 9.48 Å². The van der Waals surface area contributed by atoms with Crippen LogP contribution in [0.5, 0.6) is 0 Å². The van der Waals surface area contributed by atoms with Crippen molar-refractivity contribution in [1.82, 2.24) is 36.2 Å². The maximum Gasteiger partial charge on any atom is 0.490 e. The monoisotopic (exact) mass is 581 g/mol. The lowest BCUT2D eigenvalue weighted by atomic mass is 9.86. The molecular weight excluding hydrogens is 555 g/mol. The Morgan fingerprint density at radius 3 is 2.52 bits per heavy atom. The van der Waals surface area contributed by atoms with E-state index in [1.54, 1.807) is 25.1 Å². The molecule has 2 aromatic carbocycles. The molecule has 3 atom stereocenters. The molecule has 4 N–H and O–H groups in total. The third kappa shape index (κ3) is 8.74. The first kappa shape index (κ1) is 30.5. The number of halogens is 4. The summed E-state index contributed by atoms with van der Waals surface area (Å²) in [6.45, 7) is 2.64. The van der Waals surface area contributed by atoms with E-state index in [9.17, 15) is 22.8 Å². The van der Waals surface area contributed by atoms with E-state index in [2.05, 4.69) is 43.6 Å². The normalized spacial score (nSPS) is 17.6. The molecule has 4 rings (SSSR count). The molecule has 3 aromatic rings. The van der Waals surface area contributed by atoms with Crippen LogP contribution >= 0.6 is 11.6 Å². The van der Waals surface area contributed by atoms with Crippen molar-refractivity contribution in [2.24, 2.45) is 0 Å². The number of amides is 2. The molecule has 0 saturated carbocycles. The van der Waals surface area contributed by atoms with Crippen molar-refractivity contribution in [3.63, 3.8) is 0 Å². The average Bonchev–Trinajstić information content (AvgIpc) is 3.47. The Hall–Kier alpha value is -4.04. The number of carboxylic acids is 1. The Kier molecular flexibility index (Phi) is 10.6. The van der Waals surface area contributed by atoms with Gasteiger partial charge in [-0.05, 0) is 72.0 Å². The van der Waals surface area contributed by atoms with E-state index < -0.39 is 18.2 Å². The second-order valence-corrected chi connectivity index (χ2v) is 9.35. The molecule has 11 nitrogen and oxygen atoms in total. The molecule has 0 bridgehead atoms. The first-order valence-corrected chi connectivity index (χ1v) is 12.5. The molecule has 1 aromatic heterocycles. The second-order valence-electron chi connectivity index (χ2n) is 8.92. The van der Waals surface area contributed by atoms with Crippen molar-refractivity contribution in [2.45, 2.75) is 50.5 Å². The Labute approximate surface area is 232 Å². The Morgan fingerprint density at radius 2 is 1.90 bits per heavy atom. The summed E-state index contributed by atoms with van der Waals surface area (Å²) >= 11 is 6.13. The number of aliphatic carboxylic acids is 1. The number of hydrogen-bond donors (Lipinski definition) is 4. The number of alkyl halides is 3. The van der Waals surface area contributed by atoms with Crippen molar-refractivity contribution >= 4 is 29.4 Å². The van der Waals surface area contributed by atoms with E-state index in [-0.39, 0.29) is 24.4 Å². The number of carbonyl (C=O) groups is 3. The van der Waals surface area contributed by atoms with Crippen LogP contribution in [0, 0.1) is 0 Å². The number of hydrogen-bond acceptors (Lipinski definition) is 7. The molecule has 0 aliphatic carbocycles. The fourth-order valence-corrected chi connectivity index (χ4v) is 4.25. The minimum Gasteiger partial charge on any atom is -0.475 e. The Balaban J connectivity index is 0.000000559. The highest BCUT2D eigenvalue weighted by Crippen LogP contribution is 2.27. The second kappa shape index (κ2) is 13.8. The van der Waals surface area contributed by atoms with E-state index >= 15 is 0 Å². The Bertz CT molecular complexity index is 1290. The third-order valence-electron chi connectivity index (χ3n) is 6.08. The summed E-state index contributed by atoms with van der Waals surface area (Å²) in [6, 6.07) is 14.5. The van der Waals surface area contributed by atoms with Gasteiger partial charge in [-0.2, -0.15) is 13.2 Å². The third-order valence-corrected chi connectivity index (χ3v) is 6.31. The fraction of sp³-hybridized carbons (Fsp3) is 0.360. The molecule has 0 radical (unpaired) electrons. The molecule has 0 unspecified atom stereocenters. The molecule has 1 saturated heterocycles. The topological polar surface area (TPSA) is 151 Å². The first-order valence-electron chi connectivity index (χ1n) is 12.1. The molecule has 40 heavy (non-hydrogen) atoms. The van der Waals surface area contributed by atoms with Gasteiger partial charge in [0.05, 0.1) is 11.7 Å². The quantitative estimate of drug-likeness (QED) is 0.332. The van der Waals surface area contributed by atoms with E-state index in [1.165, 1.54) is 16.6 Å². The number of nitrogens with one attached hydrogen (secondary N) is 3. The highest BCUT2D eigenvalue weighted by molar-refractivity contribution is 6.30. The average molecular weight is 582 g/mol. The summed E-state index contributed by atoms with van der Waals surface area (Å²) in [5, 5.41) is 27.8. The van der Waals surface area contributed by atoms with E-state index in [1.807, 2.05) is 18.2 Å². The smallest absolute Gasteiger partial charge is 0.475 e. The molecule has 2 amide bonds. The van der Waals surface area contributed by atoms with Gasteiger partial charge in [-0.3, -0.25) is 9.59 Å². The van der Waals surface area contributed by atoms with Crippen molar-refractivity contribution in [1.29, 1.82) is 0 Å². The van der Waals surface area contributed by atoms with Crippen LogP contribution < -0.4 is 16.0 Å². The summed E-state index contributed by atoms with van der Waals surface area (Å²) in [5.74, 6) is -2.90. The maximum absolute atomic E-state index is 12.8. The first-order chi connectivity index (χ1) is 19.0. The molecular formula is C25H27ClF3N7O4. The van der Waals surface area contributed by atoms with Gasteiger partial charge in [-0.1, -0.05) is 41.9 Å². The molecule has 1 aliphatic rings. The summed E-state index contributed by atoms with van der Waals surface area (Å²) < 4.78 is 33.2. The van der Waals surface area contributed by atoms with Crippen molar-refractivity contribution in [2.75, 3.05) is 6.54 Å². The number of tetrazole rings is 1. The van der Waals surface area contributed by atoms with Crippen LogP contribution in [0.25, 0.3) is 5.69 Å². The van der Waals surface area contributed by atoms with Gasteiger partial charge < -0.3 is 21.1 Å². The number of carboxylic acid groups (broad SMARTS) is 1. The zero-order chi connectivity index (χ0) is 29.3. The Morgan fingerprint density at radius 1 is 1.20 bits per heavy atom. The number of piperidine rings is 1. The lowest BCUT2D eigenvalue weighted by Gasteiger charge is -2.30. The fourth-order valence-electron chi connectivity index (χ4n) is 4.05. The predicted molar refractivity (Wildman–Crippen MR) is 138 cm³/mol. The molecule has 2 heterocycles. The van der Waals surface area contributed by atoms with Gasteiger partial charge in [-0.15, -0.1) is 5.10 Å². The van der Waals surface area contributed by atoms with Crippen molar-refractivity contribution in [3.05, 3.63) is 71.0 Å². The predicted octanol–water partition coefficient (Wildman–Crippen LogP) is 2.61. The summed E-state index contributed by atoms with van der Waals surface area (Å²) in [6.07, 6.45) is -1.94. The van der Waals surface area contributed by atoms with Gasteiger partial charge >= 0.3 is 12.1 Å². The minimum absolute atomic E-state index is 0.171. The minimum atomic E-state index is -5.08. The highest BCUT2D eigenvalue weighted by Gasteiger charge is 2.38. The standard InChI is InChI=1S/C23H26ClN7O2.C2HF3O2/c1-15(28-23(33)20-12-17(9-10-25-20)16-5-3-2-4-6-16)22(32)26-13-18-11-19(24)7-8-21(18)31-14-27-29-30-31;3-2(4,5)1(6)7/h2-8,11,14-15,17,20,25H,9-10,12-13H2,1H3,(H,26,32)(H,28,33);(H,6,7)/t15-,17-,20+;/m0./s1. The summed E-state index contributed by atoms with van der Waals surface area (Å²) in [5.41, 5.74) is 2.70. The van der Waals surface area contributed by atoms with E-state index in [0.717, 1.165) is 18.5 Å². The molecule has 214 valence electrons. The number of carbonyl (C=O) groups excluding carboxylic acids is 2. The van der Waals surface area contributed by atoms with Crippen LogP contribution in [0.15, 0.2) is 54.9 Å². The molecule has 1 fully saturated rings. The molecule has 1 aliphatic heterocycles. The van der Waals surface area contributed by atoms with Crippen LogP contribution in [0.3, 0.4) is 0 Å². The van der Waals surface area contributed by atoms with E-state index in [4.69, 9.17) is 21.5 Å². The van der Waals surface area contributed by atoms with Crippen molar-refractivity contribution < 1.29 is 32.7 Å². The largest absolute Gasteiger partial charge is 0.490 e. The highest BCUT2D eigenvalue weighted by atomic mass is 35.5. The molecule has 0 spiro atoms. The summed E-state index contributed by atoms with van der Waals surface area (Å²) in [4.78, 5) is 34.4. The van der Waals surface area contributed by atoms with E-state index in [0.29, 0.717) is 23.0 Å². The summed E-state index contributed by atoms with van der Waals surface area (Å²) in [7, 11) is 0. The number of aromatic nitrogens is 4. The van der Waals surface area contributed by atoms with Gasteiger partial charge in [0.1, 0.15) is 12.4 Å². The van der Waals surface area contributed by atoms with Crippen molar-refractivity contribution in [3.8, 4) is 5.69 Å².